The highest BCUT2D eigenvalue weighted by Crippen LogP contribution is 2.19. The largest absolute Gasteiger partial charge is 0.459 e. The number of hydrogen-bond donors (Lipinski definition) is 6. The molecule has 0 fully saturated rings. The average molecular weight is 963 g/mol. The van der Waals surface area contributed by atoms with E-state index in [-0.39, 0.29) is 13.2 Å². The van der Waals surface area contributed by atoms with E-state index in [1.165, 1.54) is 0 Å². The van der Waals surface area contributed by atoms with Crippen molar-refractivity contribution in [2.24, 2.45) is 11.8 Å². The van der Waals surface area contributed by atoms with E-state index in [4.69, 9.17) is 0 Å². The lowest BCUT2D eigenvalue weighted by Crippen LogP contribution is -2.38. The fraction of sp³-hybridized carbons (Fsp3) is 0.407. The van der Waals surface area contributed by atoms with Crippen molar-refractivity contribution >= 4 is 70.1 Å². The number of rotatable bonds is 22. The number of ether oxygens (including phenoxy) is 2. The smallest absolute Gasteiger partial charge is 0.397 e. The Kier molecular flexibility index (Phi) is 25.7. The van der Waals surface area contributed by atoms with Crippen LogP contribution in [0.4, 0.5) is 22.7 Å². The third-order valence-corrected chi connectivity index (χ3v) is 11.2. The average Bonchev–Trinajstić information content (AvgIpc) is 3.36. The van der Waals surface area contributed by atoms with Crippen LogP contribution in [-0.4, -0.2) is 73.7 Å². The van der Waals surface area contributed by atoms with E-state index in [9.17, 15) is 38.4 Å². The van der Waals surface area contributed by atoms with Gasteiger partial charge in [-0.25, -0.2) is 9.59 Å². The molecule has 0 aliphatic rings. The molecule has 0 aliphatic carbocycles. The lowest BCUT2D eigenvalue weighted by molar-refractivity contribution is -0.152. The van der Waals surface area contributed by atoms with E-state index >= 15 is 0 Å². The topological polar surface area (TPSA) is 227 Å². The zero-order chi connectivity index (χ0) is 51.3. The molecule has 0 radical (unpaired) electrons. The van der Waals surface area contributed by atoms with E-state index in [0.717, 1.165) is 73.6 Å². The van der Waals surface area contributed by atoms with Crippen LogP contribution in [0.1, 0.15) is 115 Å². The van der Waals surface area contributed by atoms with E-state index in [1.54, 1.807) is 62.4 Å². The summed E-state index contributed by atoms with van der Waals surface area (Å²) in [5.41, 5.74) is 6.12. The van der Waals surface area contributed by atoms with Gasteiger partial charge in [0.15, 0.2) is 0 Å². The molecular formula is C54H70N6O10. The minimum absolute atomic E-state index is 0.135. The molecule has 4 rings (SSSR count). The first-order valence-corrected chi connectivity index (χ1v) is 24.2. The van der Waals surface area contributed by atoms with Crippen LogP contribution in [-0.2, 0) is 60.7 Å². The number of hydrogen-bond acceptors (Lipinski definition) is 10. The molecule has 0 saturated heterocycles. The predicted octanol–water partition coefficient (Wildman–Crippen LogP) is 8.10. The molecule has 0 heterocycles. The molecule has 0 aliphatic heterocycles. The van der Waals surface area contributed by atoms with Gasteiger partial charge in [0, 0.05) is 35.8 Å². The molecule has 16 heteroatoms. The second kappa shape index (κ2) is 31.6. The van der Waals surface area contributed by atoms with Gasteiger partial charge in [-0.15, -0.1) is 0 Å². The molecule has 0 spiro atoms. The normalized spacial score (nSPS) is 11.3. The van der Waals surface area contributed by atoms with Gasteiger partial charge < -0.3 is 41.4 Å². The number of esters is 2. The summed E-state index contributed by atoms with van der Waals surface area (Å²) in [7, 11) is 0. The van der Waals surface area contributed by atoms with Crippen molar-refractivity contribution in [3.05, 3.63) is 119 Å². The van der Waals surface area contributed by atoms with Gasteiger partial charge in [-0.3, -0.25) is 28.8 Å². The van der Waals surface area contributed by atoms with Crippen LogP contribution in [0.3, 0.4) is 0 Å². The molecule has 4 aromatic rings. The highest BCUT2D eigenvalue weighted by molar-refractivity contribution is 6.40. The predicted molar refractivity (Wildman–Crippen MR) is 272 cm³/mol. The van der Waals surface area contributed by atoms with Gasteiger partial charge >= 0.3 is 47.4 Å². The zero-order valence-corrected chi connectivity index (χ0v) is 41.4. The quantitative estimate of drug-likeness (QED) is 0.0328. The van der Waals surface area contributed by atoms with Gasteiger partial charge in [-0.2, -0.15) is 0 Å². The molecule has 4 aromatic carbocycles. The summed E-state index contributed by atoms with van der Waals surface area (Å²) in [5.74, 6) is -5.30. The lowest BCUT2D eigenvalue weighted by atomic mass is 9.99. The Hall–Kier alpha value is -7.36. The maximum atomic E-state index is 12.3. The third-order valence-electron chi connectivity index (χ3n) is 11.2. The first kappa shape index (κ1) is 57.0. The van der Waals surface area contributed by atoms with Gasteiger partial charge in [0.1, 0.15) is 0 Å². The van der Waals surface area contributed by atoms with E-state index in [2.05, 4.69) is 69.1 Å². The van der Waals surface area contributed by atoms with Gasteiger partial charge in [0.25, 0.3) is 0 Å². The minimum atomic E-state index is -0.924. The Morgan fingerprint density at radius 1 is 0.386 bits per heavy atom. The Balaban J connectivity index is 0.000000392. The van der Waals surface area contributed by atoms with E-state index < -0.39 is 47.4 Å². The molecule has 0 aromatic heterocycles. The molecule has 376 valence electrons. The van der Waals surface area contributed by atoms with E-state index in [0.29, 0.717) is 60.5 Å². The van der Waals surface area contributed by atoms with Crippen molar-refractivity contribution < 1.29 is 47.8 Å². The van der Waals surface area contributed by atoms with Crippen LogP contribution in [0.15, 0.2) is 97.1 Å². The molecule has 16 nitrogen and oxygen atoms in total. The van der Waals surface area contributed by atoms with Crippen molar-refractivity contribution in [2.75, 3.05) is 47.6 Å². The molecule has 0 saturated carbocycles. The SMILES string of the molecule is CCCCC(CC)CNC(=O)C(=O)Nc1ccc(Cc2ccc(NC(=O)C(=O)NCC(CC)CCCC)cc2)cc1.CCOC(=O)C(=O)Nc1ccc(Cc2ccc(NC(=O)C(=O)OCC)cc2)cc1. The van der Waals surface area contributed by atoms with Gasteiger partial charge in [0.2, 0.25) is 0 Å². The van der Waals surface area contributed by atoms with Crippen molar-refractivity contribution in [1.82, 2.24) is 10.6 Å². The van der Waals surface area contributed by atoms with Crippen LogP contribution in [0, 0.1) is 11.8 Å². The minimum Gasteiger partial charge on any atom is -0.459 e. The maximum Gasteiger partial charge on any atom is 0.397 e. The van der Waals surface area contributed by atoms with Gasteiger partial charge in [-0.1, -0.05) is 115 Å². The summed E-state index contributed by atoms with van der Waals surface area (Å²) in [6, 6.07) is 28.8. The number of anilines is 4. The molecule has 70 heavy (non-hydrogen) atoms. The van der Waals surface area contributed by atoms with Gasteiger partial charge in [0.05, 0.1) is 13.2 Å². The van der Waals surface area contributed by atoms with Crippen LogP contribution >= 0.6 is 0 Å². The number of nitrogens with one attached hydrogen (secondary N) is 6. The fourth-order valence-electron chi connectivity index (χ4n) is 6.95. The monoisotopic (exact) mass is 963 g/mol. The molecule has 6 amide bonds. The van der Waals surface area contributed by atoms with Crippen LogP contribution < -0.4 is 31.9 Å². The van der Waals surface area contributed by atoms with Crippen LogP contribution in [0.2, 0.25) is 0 Å². The summed E-state index contributed by atoms with van der Waals surface area (Å²) in [5, 5.41) is 15.7. The Bertz CT molecular complexity index is 2140. The van der Waals surface area contributed by atoms with Crippen LogP contribution in [0.5, 0.6) is 0 Å². The van der Waals surface area contributed by atoms with Crippen LogP contribution in [0.25, 0.3) is 0 Å². The second-order valence-electron chi connectivity index (χ2n) is 16.7. The number of benzene rings is 4. The molecule has 2 unspecified atom stereocenters. The van der Waals surface area contributed by atoms with Crippen molar-refractivity contribution in [3.8, 4) is 0 Å². The first-order chi connectivity index (χ1) is 33.7. The molecule has 6 N–H and O–H groups in total. The lowest BCUT2D eigenvalue weighted by Gasteiger charge is -2.15. The first-order valence-electron chi connectivity index (χ1n) is 24.2. The standard InChI is InChI=1S/C33H48N4O4.C21H22N2O6/c1-5-9-11-24(7-3)22-34-30(38)32(40)36-28-17-13-26(14-18-28)21-27-15-19-29(20-16-27)37-33(41)31(39)35-23-25(8-4)12-10-6-2;1-3-28-20(26)18(24)22-16-9-5-14(6-10-16)13-15-7-11-17(12-8-15)23-19(25)21(27)29-4-2/h13-20,24-25H,5-12,21-23H2,1-4H3,(H,34,38)(H,35,39)(H,36,40)(H,37,41);5-12H,3-4,13H2,1-2H3,(H,22,24)(H,23,25). The fourth-order valence-corrected chi connectivity index (χ4v) is 6.95. The summed E-state index contributed by atoms with van der Waals surface area (Å²) in [6.45, 7) is 13.0. The second-order valence-corrected chi connectivity index (χ2v) is 16.7. The third kappa shape index (κ3) is 21.3. The summed E-state index contributed by atoms with van der Waals surface area (Å²) < 4.78 is 9.27. The molecule has 2 atom stereocenters. The summed E-state index contributed by atoms with van der Waals surface area (Å²) in [4.78, 5) is 94.9. The Labute approximate surface area is 411 Å². The highest BCUT2D eigenvalue weighted by Gasteiger charge is 2.19. The zero-order valence-electron chi connectivity index (χ0n) is 41.4. The number of carbonyl (C=O) groups excluding carboxylic acids is 8. The van der Waals surface area contributed by atoms with Crippen molar-refractivity contribution in [1.29, 1.82) is 0 Å². The number of carbonyl (C=O) groups is 8. The summed E-state index contributed by atoms with van der Waals surface area (Å²) in [6.07, 6.45) is 9.76. The van der Waals surface area contributed by atoms with Crippen molar-refractivity contribution in [3.63, 3.8) is 0 Å². The highest BCUT2D eigenvalue weighted by atomic mass is 16.5. The Morgan fingerprint density at radius 3 is 0.900 bits per heavy atom. The molecule has 0 bridgehead atoms. The number of amides is 6. The Morgan fingerprint density at radius 2 is 0.657 bits per heavy atom. The summed E-state index contributed by atoms with van der Waals surface area (Å²) >= 11 is 0. The van der Waals surface area contributed by atoms with Crippen molar-refractivity contribution in [2.45, 2.75) is 106 Å². The van der Waals surface area contributed by atoms with E-state index in [1.807, 2.05) is 48.5 Å². The molecular weight excluding hydrogens is 893 g/mol. The maximum absolute atomic E-state index is 12.3. The number of unbranched alkanes of at least 4 members (excludes halogenated alkanes) is 2. The van der Waals surface area contributed by atoms with Gasteiger partial charge in [-0.05, 0) is 122 Å².